The molecule has 0 aliphatic carbocycles. The van der Waals surface area contributed by atoms with Crippen LogP contribution in [0.1, 0.15) is 38.8 Å². The Morgan fingerprint density at radius 2 is 1.84 bits per heavy atom. The second-order valence-electron chi connectivity index (χ2n) is 9.37. The third-order valence-corrected chi connectivity index (χ3v) is 6.95. The van der Waals surface area contributed by atoms with Crippen molar-refractivity contribution in [1.82, 2.24) is 20.1 Å². The summed E-state index contributed by atoms with van der Waals surface area (Å²) in [6.07, 6.45) is 0.751. The van der Waals surface area contributed by atoms with Crippen molar-refractivity contribution >= 4 is 29.3 Å². The molecule has 37 heavy (non-hydrogen) atoms. The molecule has 5 rings (SSSR count). The predicted molar refractivity (Wildman–Crippen MR) is 141 cm³/mol. The average Bonchev–Trinajstić information content (AvgIpc) is 3.39. The van der Waals surface area contributed by atoms with E-state index < -0.39 is 17.7 Å². The third-order valence-electron chi connectivity index (χ3n) is 6.38. The van der Waals surface area contributed by atoms with Gasteiger partial charge >= 0.3 is 6.09 Å². The molecule has 0 fully saturated rings. The first-order valence-electron chi connectivity index (χ1n) is 11.7. The zero-order valence-electron chi connectivity index (χ0n) is 20.4. The number of halogens is 2. The van der Waals surface area contributed by atoms with Crippen LogP contribution >= 0.6 is 23.2 Å². The van der Waals surface area contributed by atoms with Gasteiger partial charge in [0, 0.05) is 40.2 Å². The van der Waals surface area contributed by atoms with Crippen molar-refractivity contribution in [3.8, 4) is 39.7 Å². The lowest BCUT2D eigenvalue weighted by molar-refractivity contribution is 0.0290. The number of carbonyl (C=O) groups is 1. The highest BCUT2D eigenvalue weighted by Gasteiger charge is 2.40. The van der Waals surface area contributed by atoms with Crippen molar-refractivity contribution in [2.45, 2.75) is 38.8 Å². The van der Waals surface area contributed by atoms with Gasteiger partial charge in [0.2, 0.25) is 18.2 Å². The van der Waals surface area contributed by atoms with Crippen LogP contribution in [0.15, 0.2) is 59.3 Å². The summed E-state index contributed by atoms with van der Waals surface area (Å²) in [5.74, 6) is 0.733. The Kier molecular flexibility index (Phi) is 6.56. The second-order valence-corrected chi connectivity index (χ2v) is 10.2. The lowest BCUT2D eigenvalue weighted by Gasteiger charge is -2.41. The zero-order valence-corrected chi connectivity index (χ0v) is 21.9. The van der Waals surface area contributed by atoms with Gasteiger partial charge in [-0.1, -0.05) is 41.4 Å². The topological polar surface area (TPSA) is 102 Å². The number of fused-ring (bicyclic) bond motifs is 1. The first kappa shape index (κ1) is 25.0. The van der Waals surface area contributed by atoms with E-state index in [2.05, 4.69) is 10.2 Å². The molecule has 1 N–H and O–H groups in total. The third kappa shape index (κ3) is 4.86. The SMILES string of the molecule is CCN(C(=O)O)[C@@H]1CC(C)(C)Oc2nc(-c3ccc(-c4nnco4)cc3Cl)c(-c3ccc(Cl)cc3)cc21. The normalized spacial score (nSPS) is 16.1. The molecule has 3 heterocycles. The van der Waals surface area contributed by atoms with E-state index in [4.69, 9.17) is 37.3 Å². The predicted octanol–water partition coefficient (Wildman–Crippen LogP) is 7.37. The van der Waals surface area contributed by atoms with E-state index in [1.54, 1.807) is 18.2 Å². The summed E-state index contributed by atoms with van der Waals surface area (Å²) < 4.78 is 11.6. The van der Waals surface area contributed by atoms with Crippen LogP contribution in [0.5, 0.6) is 5.88 Å². The molecule has 1 aliphatic rings. The zero-order chi connectivity index (χ0) is 26.3. The van der Waals surface area contributed by atoms with E-state index in [9.17, 15) is 9.90 Å². The number of pyridine rings is 1. The molecule has 2 aromatic heterocycles. The van der Waals surface area contributed by atoms with E-state index in [0.29, 0.717) is 57.2 Å². The van der Waals surface area contributed by atoms with Crippen LogP contribution in [-0.4, -0.2) is 43.4 Å². The number of nitrogens with zero attached hydrogens (tertiary/aromatic N) is 4. The Bertz CT molecular complexity index is 1460. The monoisotopic (exact) mass is 538 g/mol. The van der Waals surface area contributed by atoms with Crippen LogP contribution < -0.4 is 4.74 Å². The van der Waals surface area contributed by atoms with Crippen LogP contribution in [0.2, 0.25) is 10.0 Å². The quantitative estimate of drug-likeness (QED) is 0.282. The van der Waals surface area contributed by atoms with Gasteiger partial charge < -0.3 is 19.2 Å². The van der Waals surface area contributed by atoms with Crippen molar-refractivity contribution in [2.24, 2.45) is 0 Å². The highest BCUT2D eigenvalue weighted by molar-refractivity contribution is 6.33. The fraction of sp³-hybridized carbons (Fsp3) is 0.259. The van der Waals surface area contributed by atoms with E-state index in [1.165, 1.54) is 11.3 Å². The summed E-state index contributed by atoms with van der Waals surface area (Å²) >= 11 is 12.9. The summed E-state index contributed by atoms with van der Waals surface area (Å²) in [5.41, 5.74) is 3.65. The van der Waals surface area contributed by atoms with Gasteiger partial charge in [0.15, 0.2) is 0 Å². The van der Waals surface area contributed by atoms with Gasteiger partial charge in [-0.05, 0) is 56.7 Å². The fourth-order valence-corrected chi connectivity index (χ4v) is 5.07. The molecule has 0 saturated heterocycles. The molecule has 1 atom stereocenters. The van der Waals surface area contributed by atoms with E-state index in [0.717, 1.165) is 11.1 Å². The number of hydrogen-bond acceptors (Lipinski definition) is 6. The van der Waals surface area contributed by atoms with Crippen LogP contribution in [0.25, 0.3) is 33.8 Å². The Morgan fingerprint density at radius 3 is 2.46 bits per heavy atom. The molecule has 8 nitrogen and oxygen atoms in total. The van der Waals surface area contributed by atoms with E-state index in [-0.39, 0.29) is 0 Å². The van der Waals surface area contributed by atoms with Crippen LogP contribution in [-0.2, 0) is 0 Å². The van der Waals surface area contributed by atoms with Gasteiger partial charge in [-0.3, -0.25) is 0 Å². The molecule has 190 valence electrons. The number of hydrogen-bond donors (Lipinski definition) is 1. The van der Waals surface area contributed by atoms with Crippen molar-refractivity contribution < 1.29 is 19.1 Å². The molecule has 1 amide bonds. The van der Waals surface area contributed by atoms with E-state index >= 15 is 0 Å². The maximum Gasteiger partial charge on any atom is 0.407 e. The van der Waals surface area contributed by atoms with Crippen molar-refractivity contribution in [1.29, 1.82) is 0 Å². The molecular formula is C27H24Cl2N4O4. The molecule has 10 heteroatoms. The fourth-order valence-electron chi connectivity index (χ4n) is 4.67. The van der Waals surface area contributed by atoms with Crippen molar-refractivity contribution in [3.63, 3.8) is 0 Å². The Hall–Kier alpha value is -3.62. The summed E-state index contributed by atoms with van der Waals surface area (Å²) in [6.45, 7) is 6.01. The van der Waals surface area contributed by atoms with Crippen LogP contribution in [0, 0.1) is 0 Å². The number of benzene rings is 2. The second kappa shape index (κ2) is 9.68. The van der Waals surface area contributed by atoms with Crippen LogP contribution in [0.3, 0.4) is 0 Å². The Labute approximate surface area is 223 Å². The van der Waals surface area contributed by atoms with Gasteiger partial charge in [-0.15, -0.1) is 10.2 Å². The van der Waals surface area contributed by atoms with Gasteiger partial charge in [0.25, 0.3) is 0 Å². The maximum atomic E-state index is 12.1. The lowest BCUT2D eigenvalue weighted by atomic mass is 9.87. The molecule has 1 aliphatic heterocycles. The minimum Gasteiger partial charge on any atom is -0.471 e. The summed E-state index contributed by atoms with van der Waals surface area (Å²) in [4.78, 5) is 18.5. The minimum absolute atomic E-state index is 0.330. The molecule has 0 saturated carbocycles. The lowest BCUT2D eigenvalue weighted by Crippen LogP contribution is -2.43. The number of aromatic nitrogens is 3. The molecule has 0 unspecified atom stereocenters. The summed E-state index contributed by atoms with van der Waals surface area (Å²) in [6, 6.07) is 14.3. The highest BCUT2D eigenvalue weighted by atomic mass is 35.5. The average molecular weight is 539 g/mol. The van der Waals surface area contributed by atoms with Crippen LogP contribution in [0.4, 0.5) is 4.79 Å². The molecule has 0 bridgehead atoms. The highest BCUT2D eigenvalue weighted by Crippen LogP contribution is 2.46. The van der Waals surface area contributed by atoms with E-state index in [1.807, 2.05) is 51.1 Å². The molecule has 4 aromatic rings. The first-order valence-corrected chi connectivity index (χ1v) is 12.5. The molecule has 0 spiro atoms. The first-order chi connectivity index (χ1) is 17.7. The van der Waals surface area contributed by atoms with Gasteiger partial charge in [0.05, 0.1) is 16.8 Å². The number of rotatable bonds is 5. The largest absolute Gasteiger partial charge is 0.471 e. The van der Waals surface area contributed by atoms with Crippen molar-refractivity contribution in [2.75, 3.05) is 6.54 Å². The standard InChI is InChI=1S/C27H24Cl2N4O4/c1-4-33(26(34)35)22-13-27(2,3)37-25-20(22)12-19(15-5-8-17(28)9-6-15)23(31-25)18-10-7-16(11-21(18)29)24-32-30-14-36-24/h5-12,14,22H,4,13H2,1-3H3,(H,34,35)/t22-/m1/s1. The number of ether oxygens (including phenoxy) is 1. The molecule has 2 aromatic carbocycles. The Balaban J connectivity index is 1.73. The van der Waals surface area contributed by atoms with Gasteiger partial charge in [-0.2, -0.15) is 0 Å². The van der Waals surface area contributed by atoms with Gasteiger partial charge in [-0.25, -0.2) is 9.78 Å². The maximum absolute atomic E-state index is 12.1. The number of amides is 1. The summed E-state index contributed by atoms with van der Waals surface area (Å²) in [5, 5.41) is 18.6. The summed E-state index contributed by atoms with van der Waals surface area (Å²) in [7, 11) is 0. The molecular weight excluding hydrogens is 515 g/mol. The smallest absolute Gasteiger partial charge is 0.407 e. The molecule has 0 radical (unpaired) electrons. The number of carboxylic acid groups (broad SMARTS) is 1. The van der Waals surface area contributed by atoms with Crippen molar-refractivity contribution in [3.05, 3.63) is 70.5 Å². The minimum atomic E-state index is -0.993. The van der Waals surface area contributed by atoms with Gasteiger partial charge in [0.1, 0.15) is 5.60 Å². The Morgan fingerprint density at radius 1 is 1.11 bits per heavy atom.